The molecule has 0 aliphatic carbocycles. The first-order valence-corrected chi connectivity index (χ1v) is 6.57. The van der Waals surface area contributed by atoms with E-state index in [1.54, 1.807) is 4.57 Å². The van der Waals surface area contributed by atoms with Crippen LogP contribution in [0.4, 0.5) is 0 Å². The Hall–Kier alpha value is -1.40. The highest BCUT2D eigenvalue weighted by molar-refractivity contribution is 7.17. The molecule has 1 saturated heterocycles. The summed E-state index contributed by atoms with van der Waals surface area (Å²) in [6.45, 7) is 1.64. The van der Waals surface area contributed by atoms with Gasteiger partial charge in [0.05, 0.1) is 5.52 Å². The van der Waals surface area contributed by atoms with Crippen LogP contribution in [0.25, 0.3) is 10.2 Å². The fraction of sp³-hybridized carbons (Fsp3) is 0.455. The van der Waals surface area contributed by atoms with Crippen molar-refractivity contribution in [3.63, 3.8) is 0 Å². The Morgan fingerprint density at radius 2 is 2.35 bits per heavy atom. The van der Waals surface area contributed by atoms with E-state index in [2.05, 4.69) is 10.3 Å². The number of rotatable bonds is 2. The van der Waals surface area contributed by atoms with E-state index >= 15 is 0 Å². The Kier molecular flexibility index (Phi) is 2.60. The number of aromatic amines is 1. The molecule has 6 heteroatoms. The maximum Gasteiger partial charge on any atom is 0.328 e. The van der Waals surface area contributed by atoms with E-state index in [9.17, 15) is 9.59 Å². The molecular weight excluding hydrogens is 238 g/mol. The summed E-state index contributed by atoms with van der Waals surface area (Å²) in [6.07, 6.45) is 2.23. The highest BCUT2D eigenvalue weighted by Gasteiger charge is 2.17. The van der Waals surface area contributed by atoms with Crippen molar-refractivity contribution in [1.82, 2.24) is 14.9 Å². The van der Waals surface area contributed by atoms with Crippen LogP contribution in [0.5, 0.6) is 0 Å². The van der Waals surface area contributed by atoms with E-state index in [0.717, 1.165) is 24.9 Å². The van der Waals surface area contributed by atoms with Gasteiger partial charge in [0, 0.05) is 12.6 Å². The molecule has 2 N–H and O–H groups in total. The van der Waals surface area contributed by atoms with E-state index in [4.69, 9.17) is 0 Å². The van der Waals surface area contributed by atoms with Gasteiger partial charge in [0.1, 0.15) is 4.70 Å². The average molecular weight is 251 g/mol. The third-order valence-corrected chi connectivity index (χ3v) is 4.07. The number of nitrogens with one attached hydrogen (secondary N) is 2. The number of hydrogen-bond donors (Lipinski definition) is 2. The molecule has 3 heterocycles. The molecule has 90 valence electrons. The normalized spacial score (nSPS) is 20.1. The van der Waals surface area contributed by atoms with Gasteiger partial charge in [-0.15, -0.1) is 11.3 Å². The Morgan fingerprint density at radius 1 is 1.47 bits per heavy atom. The summed E-state index contributed by atoms with van der Waals surface area (Å²) >= 11 is 1.37. The zero-order valence-corrected chi connectivity index (χ0v) is 10.0. The van der Waals surface area contributed by atoms with Crippen molar-refractivity contribution in [3.8, 4) is 0 Å². The van der Waals surface area contributed by atoms with E-state index in [1.807, 2.05) is 11.4 Å². The molecule has 2 aromatic heterocycles. The fourth-order valence-electron chi connectivity index (χ4n) is 2.33. The van der Waals surface area contributed by atoms with Gasteiger partial charge >= 0.3 is 5.69 Å². The molecule has 1 aliphatic heterocycles. The first-order valence-electron chi connectivity index (χ1n) is 5.69. The molecule has 0 saturated carbocycles. The predicted molar refractivity (Wildman–Crippen MR) is 67.7 cm³/mol. The molecular formula is C11H13N3O2S. The van der Waals surface area contributed by atoms with Crippen molar-refractivity contribution >= 4 is 21.6 Å². The second-order valence-electron chi connectivity index (χ2n) is 4.30. The molecule has 1 atom stereocenters. The van der Waals surface area contributed by atoms with E-state index in [-0.39, 0.29) is 11.2 Å². The van der Waals surface area contributed by atoms with Crippen LogP contribution in [0.1, 0.15) is 12.8 Å². The largest absolute Gasteiger partial charge is 0.328 e. The third kappa shape index (κ3) is 1.83. The van der Waals surface area contributed by atoms with Gasteiger partial charge in [-0.3, -0.25) is 14.3 Å². The van der Waals surface area contributed by atoms with Gasteiger partial charge in [0.2, 0.25) is 0 Å². The van der Waals surface area contributed by atoms with Crippen molar-refractivity contribution in [2.45, 2.75) is 25.4 Å². The average Bonchev–Trinajstić information content (AvgIpc) is 2.95. The zero-order chi connectivity index (χ0) is 11.8. The summed E-state index contributed by atoms with van der Waals surface area (Å²) in [6, 6.07) is 2.17. The highest BCUT2D eigenvalue weighted by atomic mass is 32.1. The number of nitrogens with zero attached hydrogens (tertiary/aromatic N) is 1. The van der Waals surface area contributed by atoms with Crippen LogP contribution in [0.15, 0.2) is 21.0 Å². The molecule has 0 aromatic carbocycles. The molecule has 17 heavy (non-hydrogen) atoms. The van der Waals surface area contributed by atoms with Gasteiger partial charge in [0.15, 0.2) is 0 Å². The molecule has 1 aliphatic rings. The molecule has 1 unspecified atom stereocenters. The number of aromatic nitrogens is 2. The SMILES string of the molecule is O=c1[nH]c(=O)n(CC2CCCN2)c2ccsc12. The molecule has 0 bridgehead atoms. The van der Waals surface area contributed by atoms with Crippen molar-refractivity contribution in [2.75, 3.05) is 6.54 Å². The van der Waals surface area contributed by atoms with Crippen molar-refractivity contribution in [2.24, 2.45) is 0 Å². The van der Waals surface area contributed by atoms with Gasteiger partial charge in [0.25, 0.3) is 5.56 Å². The second kappa shape index (κ2) is 4.12. The maximum absolute atomic E-state index is 11.8. The third-order valence-electron chi connectivity index (χ3n) is 3.17. The monoisotopic (exact) mass is 251 g/mol. The lowest BCUT2D eigenvalue weighted by molar-refractivity contribution is 0.504. The summed E-state index contributed by atoms with van der Waals surface area (Å²) in [5.41, 5.74) is 0.155. The number of H-pyrrole nitrogens is 1. The van der Waals surface area contributed by atoms with E-state index < -0.39 is 0 Å². The number of hydrogen-bond acceptors (Lipinski definition) is 4. The molecule has 0 spiro atoms. The zero-order valence-electron chi connectivity index (χ0n) is 9.23. The van der Waals surface area contributed by atoms with Crippen LogP contribution in [0.2, 0.25) is 0 Å². The van der Waals surface area contributed by atoms with Crippen molar-refractivity contribution in [1.29, 1.82) is 0 Å². The van der Waals surface area contributed by atoms with Crippen LogP contribution in [0.3, 0.4) is 0 Å². The lowest BCUT2D eigenvalue weighted by Gasteiger charge is -2.12. The van der Waals surface area contributed by atoms with Gasteiger partial charge in [-0.2, -0.15) is 0 Å². The summed E-state index contributed by atoms with van der Waals surface area (Å²) in [4.78, 5) is 25.8. The first-order chi connectivity index (χ1) is 8.25. The van der Waals surface area contributed by atoms with Crippen LogP contribution in [0, 0.1) is 0 Å². The standard InChI is InChI=1S/C11H13N3O2S/c15-10-9-8(3-5-17-9)14(11(16)13-10)6-7-2-1-4-12-7/h3,5,7,12H,1-2,4,6H2,(H,13,15,16). The smallest absolute Gasteiger partial charge is 0.312 e. The predicted octanol–water partition coefficient (Wildman–Crippen LogP) is 0.503. The first kappa shape index (κ1) is 10.7. The second-order valence-corrected chi connectivity index (χ2v) is 5.21. The quantitative estimate of drug-likeness (QED) is 0.817. The minimum atomic E-state index is -0.311. The van der Waals surface area contributed by atoms with Gasteiger partial charge in [-0.05, 0) is 30.8 Å². The summed E-state index contributed by atoms with van der Waals surface area (Å²) in [5, 5.41) is 5.20. The lowest BCUT2D eigenvalue weighted by Crippen LogP contribution is -2.36. The molecule has 3 rings (SSSR count). The number of fused-ring (bicyclic) bond motifs is 1. The minimum absolute atomic E-state index is 0.282. The summed E-state index contributed by atoms with van der Waals surface area (Å²) < 4.78 is 2.29. The minimum Gasteiger partial charge on any atom is -0.312 e. The summed E-state index contributed by atoms with van der Waals surface area (Å²) in [7, 11) is 0. The van der Waals surface area contributed by atoms with E-state index in [1.165, 1.54) is 11.3 Å². The van der Waals surface area contributed by atoms with Crippen molar-refractivity contribution in [3.05, 3.63) is 32.3 Å². The Bertz CT molecular complexity index is 649. The van der Waals surface area contributed by atoms with Crippen LogP contribution >= 0.6 is 11.3 Å². The van der Waals surface area contributed by atoms with E-state index in [0.29, 0.717) is 17.3 Å². The van der Waals surface area contributed by atoms with Gasteiger partial charge in [-0.1, -0.05) is 0 Å². The molecule has 0 radical (unpaired) electrons. The maximum atomic E-state index is 11.8. The molecule has 5 nitrogen and oxygen atoms in total. The molecule has 2 aromatic rings. The summed E-state index contributed by atoms with van der Waals surface area (Å²) in [5.74, 6) is 0. The topological polar surface area (TPSA) is 66.9 Å². The highest BCUT2D eigenvalue weighted by Crippen LogP contribution is 2.16. The Morgan fingerprint density at radius 3 is 3.12 bits per heavy atom. The van der Waals surface area contributed by atoms with Gasteiger partial charge < -0.3 is 5.32 Å². The van der Waals surface area contributed by atoms with Crippen LogP contribution < -0.4 is 16.6 Å². The molecule has 0 amide bonds. The Balaban J connectivity index is 2.11. The van der Waals surface area contributed by atoms with Crippen molar-refractivity contribution < 1.29 is 0 Å². The fourth-order valence-corrected chi connectivity index (χ4v) is 3.12. The number of thiophene rings is 1. The van der Waals surface area contributed by atoms with Crippen LogP contribution in [-0.4, -0.2) is 22.1 Å². The van der Waals surface area contributed by atoms with Crippen LogP contribution in [-0.2, 0) is 6.54 Å². The lowest BCUT2D eigenvalue weighted by atomic mass is 10.2. The Labute approximate surface area is 101 Å². The molecule has 1 fully saturated rings. The van der Waals surface area contributed by atoms with Gasteiger partial charge in [-0.25, -0.2) is 4.79 Å².